The fourth-order valence-electron chi connectivity index (χ4n) is 2.51. The van der Waals surface area contributed by atoms with E-state index < -0.39 is 10.0 Å². The van der Waals surface area contributed by atoms with Crippen LogP contribution in [0.15, 0.2) is 59.5 Å². The van der Waals surface area contributed by atoms with Crippen LogP contribution in [-0.2, 0) is 14.9 Å². The maximum absolute atomic E-state index is 12.6. The number of benzene rings is 2. The van der Waals surface area contributed by atoms with Crippen LogP contribution < -0.4 is 0 Å². The highest BCUT2D eigenvalue weighted by Gasteiger charge is 2.33. The summed E-state index contributed by atoms with van der Waals surface area (Å²) in [7, 11) is -3.60. The number of hydrogen-bond acceptors (Lipinski definition) is 3. The van der Waals surface area contributed by atoms with Crippen molar-refractivity contribution in [1.82, 2.24) is 4.47 Å². The minimum Gasteiger partial charge on any atom is -0.283 e. The monoisotopic (exact) mass is 343 g/mol. The molecule has 3 rings (SSSR count). The lowest BCUT2D eigenvalue weighted by Gasteiger charge is -2.14. The van der Waals surface area contributed by atoms with E-state index in [1.807, 2.05) is 38.1 Å². The highest BCUT2D eigenvalue weighted by atomic mass is 32.2. The smallest absolute Gasteiger partial charge is 0.265 e. The van der Waals surface area contributed by atoms with Crippen LogP contribution in [0.25, 0.3) is 6.08 Å². The lowest BCUT2D eigenvalue weighted by molar-refractivity contribution is -0.0291. The van der Waals surface area contributed by atoms with Crippen LogP contribution in [0.2, 0.25) is 0 Å². The first-order valence-electron chi connectivity index (χ1n) is 7.92. The van der Waals surface area contributed by atoms with Crippen molar-refractivity contribution < 1.29 is 13.3 Å². The first-order chi connectivity index (χ1) is 11.4. The van der Waals surface area contributed by atoms with Gasteiger partial charge in [0.1, 0.15) is 0 Å². The molecule has 0 radical (unpaired) electrons. The average molecular weight is 343 g/mol. The van der Waals surface area contributed by atoms with E-state index in [-0.39, 0.29) is 10.8 Å². The van der Waals surface area contributed by atoms with E-state index in [1.165, 1.54) is 5.56 Å². The molecule has 0 saturated carbocycles. The van der Waals surface area contributed by atoms with E-state index in [0.29, 0.717) is 13.2 Å². The zero-order valence-electron chi connectivity index (χ0n) is 13.8. The van der Waals surface area contributed by atoms with Gasteiger partial charge in [-0.15, -0.1) is 0 Å². The number of hydroxylamine groups is 1. The molecule has 0 amide bonds. The molecular weight excluding hydrogens is 322 g/mol. The SMILES string of the molecule is Cc1ccc(/C=C/C2CON(S(=O)(=O)c3ccc(C)cc3)C2)cc1. The number of rotatable bonds is 4. The Morgan fingerprint density at radius 1 is 1.00 bits per heavy atom. The van der Waals surface area contributed by atoms with Gasteiger partial charge in [-0.05, 0) is 31.5 Å². The maximum atomic E-state index is 12.6. The van der Waals surface area contributed by atoms with Gasteiger partial charge in [-0.2, -0.15) is 0 Å². The number of hydrogen-bond donors (Lipinski definition) is 0. The summed E-state index contributed by atoms with van der Waals surface area (Å²) in [6.07, 6.45) is 4.02. The van der Waals surface area contributed by atoms with Gasteiger partial charge in [0, 0.05) is 12.5 Å². The summed E-state index contributed by atoms with van der Waals surface area (Å²) >= 11 is 0. The number of sulfonamides is 1. The molecule has 1 fully saturated rings. The molecule has 1 unspecified atom stereocenters. The van der Waals surface area contributed by atoms with E-state index in [4.69, 9.17) is 4.84 Å². The van der Waals surface area contributed by atoms with Crippen molar-refractivity contribution in [3.8, 4) is 0 Å². The van der Waals surface area contributed by atoms with E-state index in [0.717, 1.165) is 15.6 Å². The van der Waals surface area contributed by atoms with E-state index in [1.54, 1.807) is 24.3 Å². The second-order valence-corrected chi connectivity index (χ2v) is 7.96. The van der Waals surface area contributed by atoms with Crippen molar-refractivity contribution in [3.05, 3.63) is 71.3 Å². The topological polar surface area (TPSA) is 46.6 Å². The number of nitrogens with zero attached hydrogens (tertiary/aromatic N) is 1. The average Bonchev–Trinajstić information content (AvgIpc) is 3.04. The molecule has 24 heavy (non-hydrogen) atoms. The molecule has 126 valence electrons. The lowest BCUT2D eigenvalue weighted by atomic mass is 10.1. The molecule has 1 aliphatic rings. The van der Waals surface area contributed by atoms with Crippen molar-refractivity contribution in [2.45, 2.75) is 18.7 Å². The first kappa shape index (κ1) is 16.9. The molecular formula is C19H21NO3S. The van der Waals surface area contributed by atoms with Crippen LogP contribution in [0.1, 0.15) is 16.7 Å². The Kier molecular flexibility index (Phi) is 4.85. The van der Waals surface area contributed by atoms with Gasteiger partial charge in [0.2, 0.25) is 0 Å². The maximum Gasteiger partial charge on any atom is 0.265 e. The lowest BCUT2D eigenvalue weighted by Crippen LogP contribution is -2.27. The molecule has 1 saturated heterocycles. The van der Waals surface area contributed by atoms with Crippen LogP contribution in [-0.4, -0.2) is 26.0 Å². The van der Waals surface area contributed by atoms with Crippen molar-refractivity contribution >= 4 is 16.1 Å². The summed E-state index contributed by atoms with van der Waals surface area (Å²) in [4.78, 5) is 5.68. The Labute approximate surface area is 143 Å². The summed E-state index contributed by atoms with van der Waals surface area (Å²) in [5, 5.41) is 0. The fraction of sp³-hybridized carbons (Fsp3) is 0.263. The normalized spacial score (nSPS) is 19.2. The minimum absolute atomic E-state index is 0.0477. The standard InChI is InChI=1S/C19H21NO3S/c1-15-3-7-17(8-4-15)9-10-18-13-20(23-14-18)24(21,22)19-11-5-16(2)6-12-19/h3-12,18H,13-14H2,1-2H3/b10-9+. The molecule has 1 atom stereocenters. The molecule has 1 heterocycles. The van der Waals surface area contributed by atoms with Gasteiger partial charge in [-0.3, -0.25) is 4.84 Å². The van der Waals surface area contributed by atoms with Gasteiger partial charge < -0.3 is 0 Å². The molecule has 2 aromatic rings. The predicted octanol–water partition coefficient (Wildman–Crippen LogP) is 3.57. The molecule has 0 spiro atoms. The van der Waals surface area contributed by atoms with E-state index in [2.05, 4.69) is 12.1 Å². The van der Waals surface area contributed by atoms with Crippen LogP contribution in [0.3, 0.4) is 0 Å². The van der Waals surface area contributed by atoms with Crippen molar-refractivity contribution in [3.63, 3.8) is 0 Å². The molecule has 1 aliphatic heterocycles. The molecule has 0 bridgehead atoms. The third kappa shape index (κ3) is 3.75. The second-order valence-electron chi connectivity index (χ2n) is 6.13. The van der Waals surface area contributed by atoms with Gasteiger partial charge in [0.25, 0.3) is 10.0 Å². The zero-order chi connectivity index (χ0) is 17.2. The quantitative estimate of drug-likeness (QED) is 0.853. The van der Waals surface area contributed by atoms with Gasteiger partial charge in [0.05, 0.1) is 11.5 Å². The Balaban J connectivity index is 1.68. The van der Waals surface area contributed by atoms with E-state index >= 15 is 0 Å². The Hall–Kier alpha value is -1.95. The zero-order valence-corrected chi connectivity index (χ0v) is 14.7. The van der Waals surface area contributed by atoms with Crippen molar-refractivity contribution in [1.29, 1.82) is 0 Å². The second kappa shape index (κ2) is 6.89. The van der Waals surface area contributed by atoms with Crippen LogP contribution >= 0.6 is 0 Å². The molecule has 0 N–H and O–H groups in total. The van der Waals surface area contributed by atoms with Gasteiger partial charge in [-0.1, -0.05) is 64.1 Å². The van der Waals surface area contributed by atoms with Crippen LogP contribution in [0.4, 0.5) is 0 Å². The van der Waals surface area contributed by atoms with Crippen LogP contribution in [0.5, 0.6) is 0 Å². The first-order valence-corrected chi connectivity index (χ1v) is 9.36. The summed E-state index contributed by atoms with van der Waals surface area (Å²) < 4.78 is 26.3. The highest BCUT2D eigenvalue weighted by Crippen LogP contribution is 2.24. The largest absolute Gasteiger partial charge is 0.283 e. The minimum atomic E-state index is -3.60. The Morgan fingerprint density at radius 3 is 2.21 bits per heavy atom. The molecule has 2 aromatic carbocycles. The van der Waals surface area contributed by atoms with E-state index in [9.17, 15) is 8.42 Å². The third-order valence-electron chi connectivity index (χ3n) is 4.04. The molecule has 0 aliphatic carbocycles. The molecule has 4 nitrogen and oxygen atoms in total. The highest BCUT2D eigenvalue weighted by molar-refractivity contribution is 7.89. The summed E-state index contributed by atoms with van der Waals surface area (Å²) in [6.45, 7) is 4.67. The predicted molar refractivity (Wildman–Crippen MR) is 94.7 cm³/mol. The van der Waals surface area contributed by atoms with Gasteiger partial charge in [-0.25, -0.2) is 8.42 Å². The fourth-order valence-corrected chi connectivity index (χ4v) is 3.81. The van der Waals surface area contributed by atoms with Crippen molar-refractivity contribution in [2.75, 3.05) is 13.2 Å². The Bertz CT molecular complexity index is 824. The summed E-state index contributed by atoms with van der Waals surface area (Å²) in [5.41, 5.74) is 3.34. The van der Waals surface area contributed by atoms with Gasteiger partial charge in [0.15, 0.2) is 0 Å². The number of aryl methyl sites for hydroxylation is 2. The van der Waals surface area contributed by atoms with Crippen molar-refractivity contribution in [2.24, 2.45) is 5.92 Å². The van der Waals surface area contributed by atoms with Crippen LogP contribution in [0, 0.1) is 19.8 Å². The molecule has 0 aromatic heterocycles. The molecule has 5 heteroatoms. The summed E-state index contributed by atoms with van der Waals surface area (Å²) in [5.74, 6) is 0.0477. The Morgan fingerprint density at radius 2 is 1.58 bits per heavy atom. The summed E-state index contributed by atoms with van der Waals surface area (Å²) in [6, 6.07) is 15.0. The third-order valence-corrected chi connectivity index (χ3v) is 5.70. The van der Waals surface area contributed by atoms with Gasteiger partial charge >= 0.3 is 0 Å².